The molecule has 2 saturated heterocycles. The number of ether oxygens (including phenoxy) is 4. The van der Waals surface area contributed by atoms with E-state index in [-0.39, 0.29) is 51.9 Å². The minimum Gasteiger partial charge on any atom is -0.477 e. The predicted octanol–water partition coefficient (Wildman–Crippen LogP) is 8.13. The number of carbonyl (C=O) groups is 2. The quantitative estimate of drug-likeness (QED) is 0.308. The van der Waals surface area contributed by atoms with E-state index in [1.165, 1.54) is 24.0 Å². The first-order valence-corrected chi connectivity index (χ1v) is 18.4. The van der Waals surface area contributed by atoms with Crippen molar-refractivity contribution in [3.63, 3.8) is 0 Å². The van der Waals surface area contributed by atoms with Crippen molar-refractivity contribution in [3.05, 3.63) is 33.9 Å². The maximum absolute atomic E-state index is 14.6. The molecule has 0 radical (unpaired) electrons. The summed E-state index contributed by atoms with van der Waals surface area (Å²) in [5.41, 5.74) is 3.39. The number of benzene rings is 1. The molecule has 8 unspecified atom stereocenters. The van der Waals surface area contributed by atoms with Crippen LogP contribution in [0.5, 0.6) is 11.5 Å². The lowest BCUT2D eigenvalue weighted by Gasteiger charge is -2.54. The third kappa shape index (κ3) is 3.51. The second kappa shape index (κ2) is 9.08. The number of ketones is 2. The van der Waals surface area contributed by atoms with Gasteiger partial charge in [-0.05, 0) is 78.7 Å². The molecule has 0 amide bonds. The molecule has 4 bridgehead atoms. The molecule has 0 N–H and O–H groups in total. The van der Waals surface area contributed by atoms with Gasteiger partial charge in [0.2, 0.25) is 11.4 Å². The van der Waals surface area contributed by atoms with Gasteiger partial charge in [-0.25, -0.2) is 0 Å². The average molecular weight is 629 g/mol. The van der Waals surface area contributed by atoms with Crippen molar-refractivity contribution in [2.24, 2.45) is 28.6 Å². The molecule has 6 nitrogen and oxygen atoms in total. The molecule has 2 saturated carbocycles. The molecule has 5 aliphatic heterocycles. The van der Waals surface area contributed by atoms with Crippen LogP contribution in [0, 0.1) is 28.6 Å². The molecule has 2 spiro atoms. The first kappa shape index (κ1) is 29.9. The van der Waals surface area contributed by atoms with E-state index in [2.05, 4.69) is 47.6 Å². The zero-order valence-corrected chi connectivity index (χ0v) is 29.1. The van der Waals surface area contributed by atoms with Crippen molar-refractivity contribution in [3.8, 4) is 11.5 Å². The van der Waals surface area contributed by atoms with Crippen molar-refractivity contribution < 1.29 is 28.5 Å². The zero-order chi connectivity index (χ0) is 32.3. The van der Waals surface area contributed by atoms with Crippen LogP contribution in [0.4, 0.5) is 0 Å². The van der Waals surface area contributed by atoms with Crippen LogP contribution in [0.3, 0.4) is 0 Å². The third-order valence-electron chi connectivity index (χ3n) is 14.5. The van der Waals surface area contributed by atoms with Crippen LogP contribution in [-0.4, -0.2) is 40.6 Å². The Morgan fingerprint density at radius 3 is 2.02 bits per heavy atom. The highest BCUT2D eigenvalue weighted by Gasteiger charge is 2.70. The lowest BCUT2D eigenvalue weighted by atomic mass is 9.59. The Labute approximate surface area is 274 Å². The van der Waals surface area contributed by atoms with E-state index >= 15 is 0 Å². The Morgan fingerprint density at radius 1 is 0.783 bits per heavy atom. The average Bonchev–Trinajstić information content (AvgIpc) is 3.48. The van der Waals surface area contributed by atoms with Gasteiger partial charge in [0.05, 0.1) is 23.4 Å². The summed E-state index contributed by atoms with van der Waals surface area (Å²) in [5, 5.41) is 0. The summed E-state index contributed by atoms with van der Waals surface area (Å²) in [7, 11) is 0. The van der Waals surface area contributed by atoms with Crippen LogP contribution >= 0.6 is 0 Å². The highest BCUT2D eigenvalue weighted by atomic mass is 16.6. The maximum atomic E-state index is 14.6. The molecule has 1 aromatic carbocycles. The van der Waals surface area contributed by atoms with E-state index in [0.29, 0.717) is 29.6 Å². The summed E-state index contributed by atoms with van der Waals surface area (Å²) in [6.07, 6.45) is 8.99. The van der Waals surface area contributed by atoms with Gasteiger partial charge < -0.3 is 18.9 Å². The van der Waals surface area contributed by atoms with Gasteiger partial charge in [0.25, 0.3) is 5.78 Å². The topological polar surface area (TPSA) is 71.1 Å². The fraction of sp³-hybridized carbons (Fsp3) is 0.750. The maximum Gasteiger partial charge on any atom is 0.250 e. The summed E-state index contributed by atoms with van der Waals surface area (Å²) in [5.74, 6) is 1.35. The number of hydrogen-bond donors (Lipinski definition) is 0. The Bertz CT molecular complexity index is 1610. The number of fused-ring (bicyclic) bond motifs is 9. The van der Waals surface area contributed by atoms with Crippen LogP contribution in [0.25, 0.3) is 0 Å². The number of hydrogen-bond acceptors (Lipinski definition) is 6. The minimum absolute atomic E-state index is 0.0386. The fourth-order valence-corrected chi connectivity index (χ4v) is 12.3. The van der Waals surface area contributed by atoms with Crippen LogP contribution < -0.4 is 9.47 Å². The van der Waals surface area contributed by atoms with Crippen molar-refractivity contribution in [1.29, 1.82) is 0 Å². The standard InChI is InChI=1S/C40H52O6/c1-20(2)22-15-23-24(18-38-13-9-11-36(5,6)28(38)16-26(23)44-38)32-33(22)46-40(21(3)4)34(42)31(41)25-19-39-14-10-12-37(7,8)29(39)17-27(45-39)30(25)35(40)43-32/h15,20-21,26-29,35H,9-14,16-19H2,1-8H3. The highest BCUT2D eigenvalue weighted by Crippen LogP contribution is 2.66. The zero-order valence-electron chi connectivity index (χ0n) is 29.1. The Hall–Kier alpha value is -2.18. The fourth-order valence-electron chi connectivity index (χ4n) is 12.3. The van der Waals surface area contributed by atoms with Gasteiger partial charge in [0.1, 0.15) is 0 Å². The van der Waals surface area contributed by atoms with Crippen LogP contribution in [-0.2, 0) is 25.5 Å². The van der Waals surface area contributed by atoms with Gasteiger partial charge in [-0.1, -0.05) is 68.2 Å². The SMILES string of the molecule is CC(C)c1cc2c(c3c1OC1(C(C)C)C(=O)C(=O)C4=C(C5CC6C(C)(C)CCCC6(C4)O5)C1O3)CC13CCCC(C)(C)C1CC2O3. The molecule has 4 fully saturated rings. The molecular formula is C40H52O6. The first-order chi connectivity index (χ1) is 21.6. The molecule has 8 atom stereocenters. The summed E-state index contributed by atoms with van der Waals surface area (Å²) in [6.45, 7) is 17.9. The second-order valence-corrected chi connectivity index (χ2v) is 18.4. The molecular weight excluding hydrogens is 576 g/mol. The van der Waals surface area contributed by atoms with Crippen molar-refractivity contribution in [1.82, 2.24) is 0 Å². The predicted molar refractivity (Wildman–Crippen MR) is 174 cm³/mol. The smallest absolute Gasteiger partial charge is 0.250 e. The summed E-state index contributed by atoms with van der Waals surface area (Å²) < 4.78 is 28.7. The van der Waals surface area contributed by atoms with Crippen LogP contribution in [0.15, 0.2) is 17.2 Å². The molecule has 248 valence electrons. The van der Waals surface area contributed by atoms with Gasteiger partial charge in [0.15, 0.2) is 17.6 Å². The molecule has 3 aliphatic carbocycles. The van der Waals surface area contributed by atoms with E-state index in [0.717, 1.165) is 61.8 Å². The Kier molecular flexibility index (Phi) is 5.91. The summed E-state index contributed by atoms with van der Waals surface area (Å²) in [6, 6.07) is 2.29. The minimum atomic E-state index is -1.42. The Morgan fingerprint density at radius 2 is 1.39 bits per heavy atom. The van der Waals surface area contributed by atoms with Gasteiger partial charge in [-0.2, -0.15) is 0 Å². The summed E-state index contributed by atoms with van der Waals surface area (Å²) >= 11 is 0. The normalized spacial score (nSPS) is 42.4. The van der Waals surface area contributed by atoms with Crippen LogP contribution in [0.1, 0.15) is 142 Å². The number of carbonyl (C=O) groups excluding carboxylic acids is 2. The van der Waals surface area contributed by atoms with E-state index in [9.17, 15) is 9.59 Å². The van der Waals surface area contributed by atoms with Gasteiger partial charge in [-0.15, -0.1) is 0 Å². The highest BCUT2D eigenvalue weighted by molar-refractivity contribution is 6.47. The van der Waals surface area contributed by atoms with Crippen LogP contribution in [0.2, 0.25) is 0 Å². The molecule has 9 rings (SSSR count). The lowest BCUT2D eigenvalue weighted by Crippen LogP contribution is -2.69. The van der Waals surface area contributed by atoms with Gasteiger partial charge >= 0.3 is 0 Å². The molecule has 6 heteroatoms. The molecule has 8 aliphatic rings. The van der Waals surface area contributed by atoms with E-state index in [4.69, 9.17) is 18.9 Å². The van der Waals surface area contributed by atoms with Gasteiger partial charge in [-0.3, -0.25) is 9.59 Å². The Balaban J connectivity index is 1.23. The monoisotopic (exact) mass is 628 g/mol. The van der Waals surface area contributed by atoms with Crippen molar-refractivity contribution >= 4 is 11.6 Å². The first-order valence-electron chi connectivity index (χ1n) is 18.4. The van der Waals surface area contributed by atoms with E-state index in [1.54, 1.807) is 0 Å². The van der Waals surface area contributed by atoms with E-state index < -0.39 is 17.5 Å². The second-order valence-electron chi connectivity index (χ2n) is 18.4. The van der Waals surface area contributed by atoms with E-state index in [1.807, 2.05) is 13.8 Å². The van der Waals surface area contributed by atoms with Gasteiger partial charge in [0, 0.05) is 41.0 Å². The van der Waals surface area contributed by atoms with Crippen molar-refractivity contribution in [2.45, 2.75) is 161 Å². The number of Topliss-reactive ketones (excluding diaryl/α,β-unsaturated/α-hetero) is 2. The molecule has 46 heavy (non-hydrogen) atoms. The molecule has 0 aromatic heterocycles. The number of rotatable bonds is 2. The largest absolute Gasteiger partial charge is 0.477 e. The molecule has 1 aromatic rings. The van der Waals surface area contributed by atoms with Crippen molar-refractivity contribution in [2.75, 3.05) is 0 Å². The lowest BCUT2D eigenvalue weighted by molar-refractivity contribution is -0.167. The summed E-state index contributed by atoms with van der Waals surface area (Å²) in [4.78, 5) is 28.9. The third-order valence-corrected chi connectivity index (χ3v) is 14.5. The molecule has 5 heterocycles.